The average Bonchev–Trinajstić information content (AvgIpc) is 2.71. The van der Waals surface area contributed by atoms with Gasteiger partial charge in [-0.25, -0.2) is 9.48 Å². The number of anilines is 1. The number of carbonyl (C=O) groups excluding carboxylic acids is 1. The molecule has 8 heteroatoms. The van der Waals surface area contributed by atoms with Crippen molar-refractivity contribution in [1.82, 2.24) is 19.7 Å². The van der Waals surface area contributed by atoms with Gasteiger partial charge in [-0.1, -0.05) is 12.1 Å². The zero-order chi connectivity index (χ0) is 21.1. The molecular formula is C21H25N5O3. The number of nitrogens with one attached hydrogen (secondary N) is 1. The van der Waals surface area contributed by atoms with Gasteiger partial charge in [0, 0.05) is 19.3 Å². The fourth-order valence-corrected chi connectivity index (χ4v) is 3.54. The number of hydrogen-bond donors (Lipinski definition) is 1. The highest BCUT2D eigenvalue weighted by Gasteiger charge is 2.23. The van der Waals surface area contributed by atoms with Crippen LogP contribution in [0, 0.1) is 0 Å². The maximum Gasteiger partial charge on any atom is 0.337 e. The van der Waals surface area contributed by atoms with E-state index in [9.17, 15) is 9.59 Å². The highest BCUT2D eigenvalue weighted by molar-refractivity contribution is 5.89. The predicted octanol–water partition coefficient (Wildman–Crippen LogP) is 2.22. The Balaban J connectivity index is 1.94. The molecule has 0 spiro atoms. The topological polar surface area (TPSA) is 89.3 Å². The second kappa shape index (κ2) is 8.40. The van der Waals surface area contributed by atoms with Gasteiger partial charge in [0.05, 0.1) is 24.1 Å². The smallest absolute Gasteiger partial charge is 0.337 e. The van der Waals surface area contributed by atoms with E-state index in [0.29, 0.717) is 22.3 Å². The van der Waals surface area contributed by atoms with Crippen molar-refractivity contribution in [1.29, 1.82) is 0 Å². The lowest BCUT2D eigenvalue weighted by molar-refractivity contribution is 0.0600. The Labute approximate surface area is 169 Å². The van der Waals surface area contributed by atoms with Crippen LogP contribution in [0.15, 0.2) is 47.4 Å². The number of aryl methyl sites for hydroxylation is 1. The summed E-state index contributed by atoms with van der Waals surface area (Å²) in [4.78, 5) is 30.3. The van der Waals surface area contributed by atoms with Gasteiger partial charge in [-0.15, -0.1) is 0 Å². The van der Waals surface area contributed by atoms with E-state index in [1.165, 1.54) is 11.8 Å². The Morgan fingerprint density at radius 1 is 1.21 bits per heavy atom. The number of methoxy groups -OCH3 is 1. The van der Waals surface area contributed by atoms with E-state index in [1.807, 2.05) is 39.2 Å². The Morgan fingerprint density at radius 2 is 1.90 bits per heavy atom. The standard InChI is InChI=1S/C21H25N5O3/c1-13(18(25(2)3)14-8-10-15(11-9-14)21(28)29-5)23-19-16-7-6-12-22-17(16)20(27)26(4)24-19/h6-13,18H,1-5H3,(H,23,24)/t13-,18+/m0/s1. The molecule has 0 aliphatic heterocycles. The Bertz CT molecular complexity index is 1080. The number of likely N-dealkylation sites (N-methyl/N-ethyl adjacent to an activating group) is 1. The van der Waals surface area contributed by atoms with E-state index in [1.54, 1.807) is 31.4 Å². The average molecular weight is 395 g/mol. The zero-order valence-electron chi connectivity index (χ0n) is 17.2. The van der Waals surface area contributed by atoms with Gasteiger partial charge in [0.15, 0.2) is 5.82 Å². The summed E-state index contributed by atoms with van der Waals surface area (Å²) < 4.78 is 6.06. The highest BCUT2D eigenvalue weighted by atomic mass is 16.5. The van der Waals surface area contributed by atoms with Crippen LogP contribution in [0.2, 0.25) is 0 Å². The number of ether oxygens (including phenoxy) is 1. The molecule has 2 atom stereocenters. The lowest BCUT2D eigenvalue weighted by Crippen LogP contribution is -2.35. The monoisotopic (exact) mass is 395 g/mol. The van der Waals surface area contributed by atoms with Crippen LogP contribution in [0.5, 0.6) is 0 Å². The number of benzene rings is 1. The summed E-state index contributed by atoms with van der Waals surface area (Å²) in [6, 6.07) is 10.9. The molecule has 3 aromatic rings. The van der Waals surface area contributed by atoms with Crippen LogP contribution < -0.4 is 10.9 Å². The maximum atomic E-state index is 12.3. The maximum absolute atomic E-state index is 12.3. The molecule has 0 aliphatic rings. The summed E-state index contributed by atoms with van der Waals surface area (Å²) in [5.41, 5.74) is 1.69. The van der Waals surface area contributed by atoms with Crippen molar-refractivity contribution in [2.24, 2.45) is 7.05 Å². The van der Waals surface area contributed by atoms with E-state index >= 15 is 0 Å². The van der Waals surface area contributed by atoms with Gasteiger partial charge < -0.3 is 15.0 Å². The molecular weight excluding hydrogens is 370 g/mol. The summed E-state index contributed by atoms with van der Waals surface area (Å²) in [5.74, 6) is 0.234. The number of hydrogen-bond acceptors (Lipinski definition) is 7. The van der Waals surface area contributed by atoms with Crippen LogP contribution >= 0.6 is 0 Å². The van der Waals surface area contributed by atoms with Gasteiger partial charge in [0.2, 0.25) is 0 Å². The first kappa shape index (κ1) is 20.5. The summed E-state index contributed by atoms with van der Waals surface area (Å²) in [6.45, 7) is 2.05. The summed E-state index contributed by atoms with van der Waals surface area (Å²) in [7, 11) is 6.96. The van der Waals surface area contributed by atoms with Gasteiger partial charge in [0.1, 0.15) is 5.52 Å². The summed E-state index contributed by atoms with van der Waals surface area (Å²) in [6.07, 6.45) is 1.60. The van der Waals surface area contributed by atoms with Crippen molar-refractivity contribution in [2.75, 3.05) is 26.5 Å². The van der Waals surface area contributed by atoms with Gasteiger partial charge in [-0.05, 0) is 50.8 Å². The lowest BCUT2D eigenvalue weighted by atomic mass is 9.98. The van der Waals surface area contributed by atoms with Gasteiger partial charge in [-0.2, -0.15) is 5.10 Å². The van der Waals surface area contributed by atoms with E-state index in [4.69, 9.17) is 4.74 Å². The van der Waals surface area contributed by atoms with Crippen molar-refractivity contribution < 1.29 is 9.53 Å². The third-order valence-electron chi connectivity index (χ3n) is 4.88. The minimum atomic E-state index is -0.363. The van der Waals surface area contributed by atoms with Crippen molar-refractivity contribution in [2.45, 2.75) is 19.0 Å². The van der Waals surface area contributed by atoms with Crippen LogP contribution in [0.4, 0.5) is 5.82 Å². The fourth-order valence-electron chi connectivity index (χ4n) is 3.54. The van der Waals surface area contributed by atoms with Crippen molar-refractivity contribution in [3.63, 3.8) is 0 Å². The first-order valence-corrected chi connectivity index (χ1v) is 9.26. The second-order valence-corrected chi connectivity index (χ2v) is 7.13. The normalized spacial score (nSPS) is 13.3. The fraction of sp³-hybridized carbons (Fsp3) is 0.333. The van der Waals surface area contributed by atoms with Crippen molar-refractivity contribution in [3.05, 3.63) is 64.1 Å². The van der Waals surface area contributed by atoms with Crippen LogP contribution in [0.25, 0.3) is 10.9 Å². The van der Waals surface area contributed by atoms with Gasteiger partial charge in [-0.3, -0.25) is 9.78 Å². The molecule has 2 aromatic heterocycles. The molecule has 3 rings (SSSR count). The molecule has 8 nitrogen and oxygen atoms in total. The molecule has 0 unspecified atom stereocenters. The van der Waals surface area contributed by atoms with Crippen LogP contribution in [-0.2, 0) is 11.8 Å². The number of fused-ring (bicyclic) bond motifs is 1. The van der Waals surface area contributed by atoms with Crippen LogP contribution in [0.3, 0.4) is 0 Å². The molecule has 0 bridgehead atoms. The SMILES string of the molecule is COC(=O)c1ccc([C@@H]([C@H](C)Nc2nn(C)c(=O)c3ncccc23)N(C)C)cc1. The first-order valence-electron chi connectivity index (χ1n) is 9.26. The minimum absolute atomic E-state index is 0.00699. The Morgan fingerprint density at radius 3 is 2.52 bits per heavy atom. The molecule has 0 amide bonds. The third kappa shape index (κ3) is 4.12. The predicted molar refractivity (Wildman–Crippen MR) is 112 cm³/mol. The zero-order valence-corrected chi connectivity index (χ0v) is 17.2. The molecule has 2 heterocycles. The first-order chi connectivity index (χ1) is 13.8. The van der Waals surface area contributed by atoms with Crippen molar-refractivity contribution >= 4 is 22.7 Å². The minimum Gasteiger partial charge on any atom is -0.465 e. The quantitative estimate of drug-likeness (QED) is 0.640. The number of rotatable bonds is 6. The Hall–Kier alpha value is -3.26. The van der Waals surface area contributed by atoms with E-state index in [-0.39, 0.29) is 23.6 Å². The Kier molecular flexibility index (Phi) is 5.93. The van der Waals surface area contributed by atoms with E-state index in [2.05, 4.69) is 20.3 Å². The van der Waals surface area contributed by atoms with E-state index < -0.39 is 0 Å². The number of pyridine rings is 1. The van der Waals surface area contributed by atoms with Gasteiger partial charge >= 0.3 is 5.97 Å². The largest absolute Gasteiger partial charge is 0.465 e. The molecule has 0 saturated heterocycles. The molecule has 29 heavy (non-hydrogen) atoms. The molecule has 0 fully saturated rings. The summed E-state index contributed by atoms with van der Waals surface area (Å²) >= 11 is 0. The summed E-state index contributed by atoms with van der Waals surface area (Å²) in [5, 5.41) is 8.52. The van der Waals surface area contributed by atoms with Crippen LogP contribution in [-0.4, -0.2) is 52.9 Å². The third-order valence-corrected chi connectivity index (χ3v) is 4.88. The van der Waals surface area contributed by atoms with E-state index in [0.717, 1.165) is 5.56 Å². The van der Waals surface area contributed by atoms with Crippen LogP contribution in [0.1, 0.15) is 28.9 Å². The molecule has 0 aliphatic carbocycles. The number of esters is 1. The molecule has 1 aromatic carbocycles. The van der Waals surface area contributed by atoms with Gasteiger partial charge in [0.25, 0.3) is 5.56 Å². The molecule has 0 saturated carbocycles. The molecule has 0 radical (unpaired) electrons. The lowest BCUT2D eigenvalue weighted by Gasteiger charge is -2.31. The molecule has 1 N–H and O–H groups in total. The number of carbonyl (C=O) groups is 1. The highest BCUT2D eigenvalue weighted by Crippen LogP contribution is 2.26. The molecule has 152 valence electrons. The second-order valence-electron chi connectivity index (χ2n) is 7.13. The number of nitrogens with zero attached hydrogens (tertiary/aromatic N) is 4. The van der Waals surface area contributed by atoms with Crippen molar-refractivity contribution in [3.8, 4) is 0 Å². The number of aromatic nitrogens is 3.